The van der Waals surface area contributed by atoms with Crippen molar-refractivity contribution >= 4 is 22.7 Å². The van der Waals surface area contributed by atoms with E-state index in [1.165, 1.54) is 0 Å². The van der Waals surface area contributed by atoms with Crippen LogP contribution >= 0.6 is 0 Å². The Morgan fingerprint density at radius 1 is 0.727 bits per heavy atom. The molecule has 0 saturated heterocycles. The van der Waals surface area contributed by atoms with Crippen molar-refractivity contribution in [3.05, 3.63) is 101 Å². The minimum absolute atomic E-state index is 0.0263. The first kappa shape index (κ1) is 21.6. The van der Waals surface area contributed by atoms with E-state index in [2.05, 4.69) is 30.3 Å². The zero-order valence-corrected chi connectivity index (χ0v) is 17.5. The average molecular weight is 440 g/mol. The second-order valence-corrected chi connectivity index (χ2v) is 7.14. The highest BCUT2D eigenvalue weighted by Crippen LogP contribution is 2.39. The van der Waals surface area contributed by atoms with Crippen LogP contribution in [0.15, 0.2) is 101 Å². The van der Waals surface area contributed by atoms with Crippen LogP contribution in [-0.2, 0) is 13.1 Å². The molecular formula is C24H20N6O3. The van der Waals surface area contributed by atoms with E-state index in [0.29, 0.717) is 18.8 Å². The van der Waals surface area contributed by atoms with Crippen LogP contribution in [0.3, 0.4) is 0 Å². The predicted octanol–water partition coefficient (Wildman–Crippen LogP) is 5.91. The maximum Gasteiger partial charge on any atom is 0.152 e. The van der Waals surface area contributed by atoms with Gasteiger partial charge in [-0.3, -0.25) is 9.97 Å². The first-order chi connectivity index (χ1) is 16.1. The summed E-state index contributed by atoms with van der Waals surface area (Å²) in [4.78, 5) is 21.8. The van der Waals surface area contributed by atoms with Crippen LogP contribution in [0.25, 0.3) is 0 Å². The molecule has 33 heavy (non-hydrogen) atoms. The topological polar surface area (TPSA) is 124 Å². The smallest absolute Gasteiger partial charge is 0.152 e. The number of benzene rings is 2. The van der Waals surface area contributed by atoms with Crippen LogP contribution in [-0.4, -0.2) is 20.2 Å². The molecule has 0 bridgehead atoms. The highest BCUT2D eigenvalue weighted by Gasteiger charge is 2.11. The van der Waals surface area contributed by atoms with E-state index in [-0.39, 0.29) is 17.1 Å². The predicted molar refractivity (Wildman–Crippen MR) is 124 cm³/mol. The Labute approximate surface area is 189 Å². The van der Waals surface area contributed by atoms with Crippen LogP contribution in [0.2, 0.25) is 0 Å². The molecule has 0 aliphatic carbocycles. The minimum Gasteiger partial charge on any atom is -0.505 e. The summed E-state index contributed by atoms with van der Waals surface area (Å²) in [6, 6.07) is 21.2. The standard InChI is InChI=1S/C24H20N6O3/c31-23-14-24(32)22(29-33)13-21(23)28-27-17-7-9-20(10-8-17)30(15-18-5-1-3-11-25-18)16-19-6-2-4-12-26-19/h1-14,31-32H,15-16H2/b28-27+. The molecule has 0 atom stereocenters. The maximum absolute atomic E-state index is 10.8. The van der Waals surface area contributed by atoms with Gasteiger partial charge in [-0.1, -0.05) is 12.1 Å². The van der Waals surface area contributed by atoms with Crippen molar-refractivity contribution in [2.24, 2.45) is 15.4 Å². The lowest BCUT2D eigenvalue weighted by molar-refractivity contribution is 0.452. The van der Waals surface area contributed by atoms with E-state index in [4.69, 9.17) is 0 Å². The fourth-order valence-electron chi connectivity index (χ4n) is 3.16. The number of aromatic hydroxyl groups is 2. The molecule has 9 nitrogen and oxygen atoms in total. The van der Waals surface area contributed by atoms with Crippen LogP contribution in [0.4, 0.5) is 22.7 Å². The summed E-state index contributed by atoms with van der Waals surface area (Å²) in [5.41, 5.74) is 3.15. The van der Waals surface area contributed by atoms with Crippen molar-refractivity contribution in [3.8, 4) is 11.5 Å². The van der Waals surface area contributed by atoms with Gasteiger partial charge in [-0.2, -0.15) is 5.11 Å². The monoisotopic (exact) mass is 440 g/mol. The van der Waals surface area contributed by atoms with Crippen molar-refractivity contribution in [2.45, 2.75) is 13.1 Å². The Bertz CT molecular complexity index is 1210. The number of nitroso groups, excluding NO2 is 1. The van der Waals surface area contributed by atoms with Gasteiger partial charge in [0, 0.05) is 30.2 Å². The molecule has 2 heterocycles. The lowest BCUT2D eigenvalue weighted by atomic mass is 10.2. The number of hydrogen-bond acceptors (Lipinski definition) is 9. The summed E-state index contributed by atoms with van der Waals surface area (Å²) < 4.78 is 0. The van der Waals surface area contributed by atoms with E-state index in [1.54, 1.807) is 24.5 Å². The van der Waals surface area contributed by atoms with Crippen molar-refractivity contribution in [3.63, 3.8) is 0 Å². The first-order valence-corrected chi connectivity index (χ1v) is 10.1. The summed E-state index contributed by atoms with van der Waals surface area (Å²) in [6.45, 7) is 1.20. The number of pyridine rings is 2. The Morgan fingerprint density at radius 3 is 1.88 bits per heavy atom. The van der Waals surface area contributed by atoms with E-state index in [0.717, 1.165) is 29.2 Å². The number of phenols is 2. The molecule has 4 rings (SSSR count). The fourth-order valence-corrected chi connectivity index (χ4v) is 3.16. The summed E-state index contributed by atoms with van der Waals surface area (Å²) in [5, 5.41) is 30.2. The van der Waals surface area contributed by atoms with Gasteiger partial charge in [-0.25, -0.2) is 0 Å². The van der Waals surface area contributed by atoms with E-state index < -0.39 is 5.75 Å². The Morgan fingerprint density at radius 2 is 1.33 bits per heavy atom. The molecule has 2 aromatic heterocycles. The largest absolute Gasteiger partial charge is 0.505 e. The molecule has 2 N–H and O–H groups in total. The number of anilines is 1. The average Bonchev–Trinajstić information content (AvgIpc) is 2.85. The molecule has 4 aromatic rings. The third kappa shape index (κ3) is 5.53. The Kier molecular flexibility index (Phi) is 6.60. The van der Waals surface area contributed by atoms with Gasteiger partial charge >= 0.3 is 0 Å². The number of aromatic nitrogens is 2. The molecule has 0 unspecified atom stereocenters. The lowest BCUT2D eigenvalue weighted by Gasteiger charge is -2.24. The van der Waals surface area contributed by atoms with Crippen molar-refractivity contribution in [2.75, 3.05) is 4.90 Å². The molecule has 0 saturated carbocycles. The quantitative estimate of drug-likeness (QED) is 0.259. The van der Waals surface area contributed by atoms with Gasteiger partial charge in [-0.05, 0) is 53.7 Å². The van der Waals surface area contributed by atoms with Crippen LogP contribution in [0, 0.1) is 4.91 Å². The minimum atomic E-state index is -0.424. The molecule has 0 amide bonds. The second-order valence-electron chi connectivity index (χ2n) is 7.14. The van der Waals surface area contributed by atoms with Gasteiger partial charge in [0.15, 0.2) is 5.69 Å². The third-order valence-electron chi connectivity index (χ3n) is 4.82. The fraction of sp³-hybridized carbons (Fsp3) is 0.0833. The normalized spacial score (nSPS) is 10.9. The highest BCUT2D eigenvalue weighted by atomic mass is 16.3. The molecule has 2 aromatic carbocycles. The van der Waals surface area contributed by atoms with Crippen molar-refractivity contribution in [1.82, 2.24) is 9.97 Å². The Balaban J connectivity index is 1.56. The number of rotatable bonds is 8. The first-order valence-electron chi connectivity index (χ1n) is 10.1. The number of nitrogens with zero attached hydrogens (tertiary/aromatic N) is 6. The van der Waals surface area contributed by atoms with Gasteiger partial charge < -0.3 is 15.1 Å². The Hall–Kier alpha value is -4.66. The molecule has 0 aliphatic heterocycles. The summed E-state index contributed by atoms with van der Waals surface area (Å²) in [7, 11) is 0. The molecule has 0 fully saturated rings. The van der Waals surface area contributed by atoms with Crippen LogP contribution in [0.1, 0.15) is 11.4 Å². The van der Waals surface area contributed by atoms with Crippen LogP contribution in [0.5, 0.6) is 11.5 Å². The molecule has 0 spiro atoms. The molecule has 0 radical (unpaired) electrons. The summed E-state index contributed by atoms with van der Waals surface area (Å²) >= 11 is 0. The molecule has 164 valence electrons. The molecular weight excluding hydrogens is 420 g/mol. The highest BCUT2D eigenvalue weighted by molar-refractivity contribution is 5.65. The lowest BCUT2D eigenvalue weighted by Crippen LogP contribution is -2.23. The number of phenolic OH excluding ortho intramolecular Hbond substituents is 2. The summed E-state index contributed by atoms with van der Waals surface area (Å²) in [6.07, 6.45) is 3.53. The van der Waals surface area contributed by atoms with Crippen molar-refractivity contribution in [1.29, 1.82) is 0 Å². The van der Waals surface area contributed by atoms with Gasteiger partial charge in [0.25, 0.3) is 0 Å². The zero-order chi connectivity index (χ0) is 23.0. The molecule has 0 aliphatic rings. The summed E-state index contributed by atoms with van der Waals surface area (Å²) in [5.74, 6) is -0.733. The number of hydrogen-bond donors (Lipinski definition) is 2. The van der Waals surface area contributed by atoms with Gasteiger partial charge in [0.2, 0.25) is 0 Å². The van der Waals surface area contributed by atoms with Crippen LogP contribution < -0.4 is 4.90 Å². The van der Waals surface area contributed by atoms with E-state index in [9.17, 15) is 15.1 Å². The maximum atomic E-state index is 10.8. The van der Waals surface area contributed by atoms with Crippen molar-refractivity contribution < 1.29 is 10.2 Å². The third-order valence-corrected chi connectivity index (χ3v) is 4.82. The zero-order valence-electron chi connectivity index (χ0n) is 17.5. The second kappa shape index (κ2) is 10.1. The van der Waals surface area contributed by atoms with Gasteiger partial charge in [-0.15, -0.1) is 10.0 Å². The van der Waals surface area contributed by atoms with Gasteiger partial charge in [0.05, 0.1) is 30.2 Å². The van der Waals surface area contributed by atoms with E-state index >= 15 is 0 Å². The SMILES string of the molecule is O=Nc1cc(/N=N/c2ccc(N(Cc3ccccn3)Cc3ccccn3)cc2)c(O)cc1O. The number of azo groups is 1. The van der Waals surface area contributed by atoms with Gasteiger partial charge in [0.1, 0.15) is 17.2 Å². The molecule has 9 heteroatoms. The van der Waals surface area contributed by atoms with E-state index in [1.807, 2.05) is 48.5 Å².